The standard InChI is InChI=1S/C3H4O2.C2H4.Zn/c1-2-3(4)5;1-2;/h2H,1H2,(H,4,5);1-2H2;/p-1. The van der Waals surface area contributed by atoms with Crippen molar-refractivity contribution in [2.24, 2.45) is 0 Å². The average molecular weight is 164 g/mol. The number of hydrogen-bond acceptors (Lipinski definition) is 2. The predicted molar refractivity (Wildman–Crippen MR) is 26.5 cm³/mol. The molecular formula is C5H7O2Zn-. The molecule has 0 N–H and O–H groups in total. The van der Waals surface area contributed by atoms with Crippen molar-refractivity contribution in [1.82, 2.24) is 0 Å². The van der Waals surface area contributed by atoms with E-state index in [-0.39, 0.29) is 19.5 Å². The molecule has 0 atom stereocenters. The summed E-state index contributed by atoms with van der Waals surface area (Å²) in [6.45, 7) is 8.90. The summed E-state index contributed by atoms with van der Waals surface area (Å²) < 4.78 is 0. The average Bonchev–Trinajstić information content (AvgIpc) is 1.73. The molecule has 0 spiro atoms. The summed E-state index contributed by atoms with van der Waals surface area (Å²) in [6, 6.07) is 0. The molecule has 0 unspecified atom stereocenters. The van der Waals surface area contributed by atoms with Gasteiger partial charge in [0.1, 0.15) is 0 Å². The van der Waals surface area contributed by atoms with Gasteiger partial charge in [0.25, 0.3) is 0 Å². The van der Waals surface area contributed by atoms with Gasteiger partial charge in [-0.3, -0.25) is 0 Å². The van der Waals surface area contributed by atoms with E-state index in [0.29, 0.717) is 0 Å². The molecule has 0 aliphatic rings. The number of carbonyl (C=O) groups excluding carboxylic acids is 1. The maximum absolute atomic E-state index is 9.14. The van der Waals surface area contributed by atoms with E-state index in [0.717, 1.165) is 6.08 Å². The summed E-state index contributed by atoms with van der Waals surface area (Å²) >= 11 is 0. The maximum Gasteiger partial charge on any atom is 0.0636 e. The largest absolute Gasteiger partial charge is 0.545 e. The van der Waals surface area contributed by atoms with Crippen molar-refractivity contribution in [2.75, 3.05) is 0 Å². The Hall–Kier alpha value is -0.427. The van der Waals surface area contributed by atoms with E-state index in [1.54, 1.807) is 0 Å². The zero-order valence-electron chi connectivity index (χ0n) is 4.72. The maximum atomic E-state index is 9.14. The van der Waals surface area contributed by atoms with Gasteiger partial charge in [0.15, 0.2) is 0 Å². The Labute approximate surface area is 61.7 Å². The zero-order valence-corrected chi connectivity index (χ0v) is 7.69. The van der Waals surface area contributed by atoms with Crippen LogP contribution in [0.4, 0.5) is 0 Å². The summed E-state index contributed by atoms with van der Waals surface area (Å²) in [5.74, 6) is -1.23. The molecule has 0 aromatic heterocycles. The number of carbonyl (C=O) groups is 1. The molecule has 8 heavy (non-hydrogen) atoms. The van der Waals surface area contributed by atoms with Gasteiger partial charge in [0.05, 0.1) is 5.97 Å². The van der Waals surface area contributed by atoms with E-state index in [1.807, 2.05) is 0 Å². The topological polar surface area (TPSA) is 40.1 Å². The summed E-state index contributed by atoms with van der Waals surface area (Å²) in [6.07, 6.45) is 0.722. The first kappa shape index (κ1) is 15.6. The number of rotatable bonds is 1. The predicted octanol–water partition coefficient (Wildman–Crippen LogP) is -0.278. The number of hydrogen-bond donors (Lipinski definition) is 0. The second kappa shape index (κ2) is 16.0. The molecule has 2 nitrogen and oxygen atoms in total. The summed E-state index contributed by atoms with van der Waals surface area (Å²) in [4.78, 5) is 9.14. The van der Waals surface area contributed by atoms with Crippen molar-refractivity contribution in [3.05, 3.63) is 25.8 Å². The Morgan fingerprint density at radius 1 is 1.50 bits per heavy atom. The van der Waals surface area contributed by atoms with Crippen LogP contribution in [0.2, 0.25) is 0 Å². The first-order valence-electron chi connectivity index (χ1n) is 1.61. The SMILES string of the molecule is C=C.C=CC(=O)[O-].[Zn]. The van der Waals surface area contributed by atoms with Gasteiger partial charge in [-0.1, -0.05) is 6.58 Å². The minimum Gasteiger partial charge on any atom is -0.545 e. The van der Waals surface area contributed by atoms with Crippen molar-refractivity contribution in [3.63, 3.8) is 0 Å². The minimum atomic E-state index is -1.23. The molecule has 0 radical (unpaired) electrons. The van der Waals surface area contributed by atoms with Gasteiger partial charge < -0.3 is 9.90 Å². The Bertz CT molecular complexity index is 70.8. The van der Waals surface area contributed by atoms with Crippen LogP contribution in [0.3, 0.4) is 0 Å². The third-order valence-electron chi connectivity index (χ3n) is 0.167. The molecule has 0 saturated carbocycles. The summed E-state index contributed by atoms with van der Waals surface area (Å²) in [5, 5.41) is 9.14. The van der Waals surface area contributed by atoms with E-state index in [1.165, 1.54) is 0 Å². The Balaban J connectivity index is -0.0000000750. The van der Waals surface area contributed by atoms with E-state index in [2.05, 4.69) is 19.7 Å². The summed E-state index contributed by atoms with van der Waals surface area (Å²) in [7, 11) is 0. The molecule has 0 aromatic rings. The fraction of sp³-hybridized carbons (Fsp3) is 0. The van der Waals surface area contributed by atoms with Crippen molar-refractivity contribution < 1.29 is 29.4 Å². The second-order valence-electron chi connectivity index (χ2n) is 0.523. The molecule has 3 heteroatoms. The normalized spacial score (nSPS) is 4.50. The molecular weight excluding hydrogens is 157 g/mol. The molecule has 0 saturated heterocycles. The second-order valence-corrected chi connectivity index (χ2v) is 0.523. The Morgan fingerprint density at radius 3 is 1.62 bits per heavy atom. The smallest absolute Gasteiger partial charge is 0.0636 e. The minimum absolute atomic E-state index is 0. The zero-order chi connectivity index (χ0) is 6.28. The van der Waals surface area contributed by atoms with Gasteiger partial charge in [-0.25, -0.2) is 0 Å². The molecule has 0 fully saturated rings. The van der Waals surface area contributed by atoms with Gasteiger partial charge in [-0.05, 0) is 6.08 Å². The molecule has 0 amide bonds. The molecule has 0 aliphatic heterocycles. The van der Waals surface area contributed by atoms with Crippen LogP contribution in [-0.2, 0) is 24.3 Å². The first-order chi connectivity index (χ1) is 3.27. The van der Waals surface area contributed by atoms with Crippen LogP contribution in [0.1, 0.15) is 0 Å². The van der Waals surface area contributed by atoms with Crippen LogP contribution in [0, 0.1) is 0 Å². The molecule has 0 aromatic carbocycles. The van der Waals surface area contributed by atoms with Gasteiger partial charge in [-0.2, -0.15) is 0 Å². The van der Waals surface area contributed by atoms with Crippen LogP contribution in [0.15, 0.2) is 25.8 Å². The fourth-order valence-corrected chi connectivity index (χ4v) is 0. The van der Waals surface area contributed by atoms with Crippen LogP contribution >= 0.6 is 0 Å². The van der Waals surface area contributed by atoms with E-state index >= 15 is 0 Å². The van der Waals surface area contributed by atoms with Gasteiger partial charge in [-0.15, -0.1) is 13.2 Å². The van der Waals surface area contributed by atoms with Gasteiger partial charge >= 0.3 is 0 Å². The first-order valence-corrected chi connectivity index (χ1v) is 1.61. The number of carboxylic acids is 1. The third kappa shape index (κ3) is 47.1. The van der Waals surface area contributed by atoms with Crippen LogP contribution in [0.25, 0.3) is 0 Å². The third-order valence-corrected chi connectivity index (χ3v) is 0.167. The van der Waals surface area contributed by atoms with Gasteiger partial charge in [0, 0.05) is 19.5 Å². The molecule has 0 aliphatic carbocycles. The Kier molecular flexibility index (Phi) is 31.3. The quantitative estimate of drug-likeness (QED) is 0.304. The molecule has 42 valence electrons. The van der Waals surface area contributed by atoms with Crippen molar-refractivity contribution >= 4 is 5.97 Å². The van der Waals surface area contributed by atoms with E-state index in [4.69, 9.17) is 9.90 Å². The monoisotopic (exact) mass is 163 g/mol. The number of carboxylic acid groups (broad SMARTS) is 1. The number of aliphatic carboxylic acids is 1. The van der Waals surface area contributed by atoms with E-state index in [9.17, 15) is 0 Å². The van der Waals surface area contributed by atoms with Crippen LogP contribution in [0.5, 0.6) is 0 Å². The fourth-order valence-electron chi connectivity index (χ4n) is 0. The molecule has 0 rings (SSSR count). The van der Waals surface area contributed by atoms with Crippen molar-refractivity contribution in [3.8, 4) is 0 Å². The molecule has 0 bridgehead atoms. The Morgan fingerprint density at radius 2 is 1.62 bits per heavy atom. The molecule has 0 heterocycles. The van der Waals surface area contributed by atoms with E-state index < -0.39 is 5.97 Å². The van der Waals surface area contributed by atoms with Crippen LogP contribution < -0.4 is 5.11 Å². The summed E-state index contributed by atoms with van der Waals surface area (Å²) in [5.41, 5.74) is 0. The van der Waals surface area contributed by atoms with Crippen molar-refractivity contribution in [2.45, 2.75) is 0 Å². The van der Waals surface area contributed by atoms with Gasteiger partial charge in [0.2, 0.25) is 0 Å². The van der Waals surface area contributed by atoms with Crippen molar-refractivity contribution in [1.29, 1.82) is 0 Å². The van der Waals surface area contributed by atoms with Crippen LogP contribution in [-0.4, -0.2) is 5.97 Å².